The molecule has 0 saturated carbocycles. The van der Waals surface area contributed by atoms with Gasteiger partial charge in [-0.15, -0.1) is 11.3 Å². The lowest BCUT2D eigenvalue weighted by Gasteiger charge is -2.28. The summed E-state index contributed by atoms with van der Waals surface area (Å²) < 4.78 is 9.30. The molecule has 61 heavy (non-hydrogen) atoms. The summed E-state index contributed by atoms with van der Waals surface area (Å²) in [5.41, 5.74) is 14.5. The highest BCUT2D eigenvalue weighted by molar-refractivity contribution is 7.25. The average molecular weight is 796 g/mol. The number of nitrogens with zero attached hydrogens (tertiary/aromatic N) is 1. The summed E-state index contributed by atoms with van der Waals surface area (Å²) in [6, 6.07) is 81.1. The Morgan fingerprint density at radius 2 is 0.885 bits per heavy atom. The molecule has 0 fully saturated rings. The van der Waals surface area contributed by atoms with E-state index in [0.717, 1.165) is 55.5 Å². The second-order valence-electron chi connectivity index (χ2n) is 15.6. The molecule has 10 aromatic carbocycles. The minimum absolute atomic E-state index is 0.882. The first-order chi connectivity index (χ1) is 30.2. The summed E-state index contributed by atoms with van der Waals surface area (Å²) in [4.78, 5) is 2.40. The Morgan fingerprint density at radius 3 is 1.66 bits per heavy atom. The normalized spacial score (nSPS) is 11.6. The quantitative estimate of drug-likeness (QED) is 0.160. The first kappa shape index (κ1) is 35.2. The van der Waals surface area contributed by atoms with E-state index < -0.39 is 0 Å². The monoisotopic (exact) mass is 795 g/mol. The van der Waals surface area contributed by atoms with E-state index in [1.807, 2.05) is 11.3 Å². The number of anilines is 3. The Hall–Kier alpha value is -7.72. The third-order valence-corrected chi connectivity index (χ3v) is 13.2. The van der Waals surface area contributed by atoms with Crippen LogP contribution in [0.2, 0.25) is 0 Å². The number of para-hydroxylation sites is 1. The largest absolute Gasteiger partial charge is 0.455 e. The van der Waals surface area contributed by atoms with Crippen molar-refractivity contribution in [3.05, 3.63) is 224 Å². The Labute approximate surface area is 357 Å². The van der Waals surface area contributed by atoms with Crippen molar-refractivity contribution in [2.75, 3.05) is 4.90 Å². The van der Waals surface area contributed by atoms with Crippen LogP contribution in [0.1, 0.15) is 0 Å². The van der Waals surface area contributed by atoms with Crippen LogP contribution in [0.25, 0.3) is 97.4 Å². The minimum atomic E-state index is 0.882. The number of rotatable bonds is 7. The molecule has 2 aromatic heterocycles. The first-order valence-electron chi connectivity index (χ1n) is 20.7. The zero-order valence-corrected chi connectivity index (χ0v) is 33.9. The lowest BCUT2D eigenvalue weighted by atomic mass is 9.95. The molecule has 0 spiro atoms. The van der Waals surface area contributed by atoms with Gasteiger partial charge in [0.05, 0.1) is 5.69 Å². The fourth-order valence-corrected chi connectivity index (χ4v) is 10.3. The van der Waals surface area contributed by atoms with Gasteiger partial charge in [0.1, 0.15) is 11.2 Å². The van der Waals surface area contributed by atoms with Crippen molar-refractivity contribution in [1.29, 1.82) is 0 Å². The van der Waals surface area contributed by atoms with E-state index in [-0.39, 0.29) is 0 Å². The smallest absolute Gasteiger partial charge is 0.143 e. The SMILES string of the molecule is c1ccc(-c2ccc(-c3ccc(N(c4ccc(-c5cccc6sc7ccccc7c56)cc4)c4ccccc4-c4cccc5oc6c7ccccc7ccc6c45)cc3)cc2)cc1. The third-order valence-electron chi connectivity index (χ3n) is 12.1. The summed E-state index contributed by atoms with van der Waals surface area (Å²) in [6.07, 6.45) is 0. The van der Waals surface area contributed by atoms with E-state index >= 15 is 0 Å². The lowest BCUT2D eigenvalue weighted by molar-refractivity contribution is 0.673. The fourth-order valence-electron chi connectivity index (χ4n) is 9.20. The van der Waals surface area contributed by atoms with Gasteiger partial charge in [-0.25, -0.2) is 0 Å². The molecule has 12 aromatic rings. The Balaban J connectivity index is 1.00. The molecule has 0 saturated heterocycles. The highest BCUT2D eigenvalue weighted by Crippen LogP contribution is 2.47. The molecule has 12 rings (SSSR count). The standard InChI is InChI=1S/C58H37NOS/c1-2-12-38(13-3-1)39-24-26-40(27-25-39)41-28-33-44(34-29-41)59(45-35-30-43(31-36-45)46-18-11-23-55-57(46)50-17-7-9-22-54(50)61-55)52-20-8-6-16-48(52)49-19-10-21-53-56(49)51-37-32-42-14-4-5-15-47(42)58(51)60-53/h1-37H. The van der Waals surface area contributed by atoms with Gasteiger partial charge in [-0.05, 0) is 98.9 Å². The van der Waals surface area contributed by atoms with Crippen LogP contribution < -0.4 is 4.90 Å². The molecule has 2 heterocycles. The molecule has 3 heteroatoms. The van der Waals surface area contributed by atoms with Gasteiger partial charge in [-0.3, -0.25) is 0 Å². The van der Waals surface area contributed by atoms with Crippen LogP contribution >= 0.6 is 11.3 Å². The maximum Gasteiger partial charge on any atom is 0.143 e. The predicted octanol–water partition coefficient (Wildman–Crippen LogP) is 17.2. The van der Waals surface area contributed by atoms with E-state index in [4.69, 9.17) is 4.42 Å². The van der Waals surface area contributed by atoms with Crippen LogP contribution in [0.15, 0.2) is 229 Å². The van der Waals surface area contributed by atoms with E-state index in [2.05, 4.69) is 229 Å². The molecule has 0 radical (unpaired) electrons. The van der Waals surface area contributed by atoms with Gasteiger partial charge >= 0.3 is 0 Å². The van der Waals surface area contributed by atoms with Gasteiger partial charge in [0.25, 0.3) is 0 Å². The van der Waals surface area contributed by atoms with E-state index in [1.54, 1.807) is 0 Å². The van der Waals surface area contributed by atoms with Crippen molar-refractivity contribution >= 4 is 81.3 Å². The topological polar surface area (TPSA) is 16.4 Å². The van der Waals surface area contributed by atoms with Gasteiger partial charge in [0.15, 0.2) is 0 Å². The molecule has 0 aliphatic rings. The molecule has 0 atom stereocenters. The van der Waals surface area contributed by atoms with Crippen molar-refractivity contribution in [3.63, 3.8) is 0 Å². The second kappa shape index (κ2) is 14.5. The van der Waals surface area contributed by atoms with Crippen LogP contribution in [0, 0.1) is 0 Å². The highest BCUT2D eigenvalue weighted by Gasteiger charge is 2.21. The fraction of sp³-hybridized carbons (Fsp3) is 0. The predicted molar refractivity (Wildman–Crippen MR) is 261 cm³/mol. The van der Waals surface area contributed by atoms with Gasteiger partial charge in [0, 0.05) is 53.3 Å². The number of thiophene rings is 1. The Kier molecular flexibility index (Phi) is 8.39. The van der Waals surface area contributed by atoms with Crippen LogP contribution in [0.4, 0.5) is 17.1 Å². The van der Waals surface area contributed by atoms with E-state index in [1.165, 1.54) is 58.9 Å². The maximum absolute atomic E-state index is 6.68. The van der Waals surface area contributed by atoms with Crippen molar-refractivity contribution < 1.29 is 4.42 Å². The van der Waals surface area contributed by atoms with Crippen molar-refractivity contribution in [2.24, 2.45) is 0 Å². The van der Waals surface area contributed by atoms with Crippen molar-refractivity contribution in [2.45, 2.75) is 0 Å². The molecule has 0 aliphatic carbocycles. The molecule has 0 unspecified atom stereocenters. The summed E-state index contributed by atoms with van der Waals surface area (Å²) in [5, 5.41) is 7.16. The lowest BCUT2D eigenvalue weighted by Crippen LogP contribution is -2.11. The van der Waals surface area contributed by atoms with Crippen LogP contribution in [-0.4, -0.2) is 0 Å². The zero-order valence-electron chi connectivity index (χ0n) is 33.1. The number of furan rings is 1. The van der Waals surface area contributed by atoms with Gasteiger partial charge in [-0.1, -0.05) is 170 Å². The van der Waals surface area contributed by atoms with Crippen molar-refractivity contribution in [1.82, 2.24) is 0 Å². The first-order valence-corrected chi connectivity index (χ1v) is 21.6. The van der Waals surface area contributed by atoms with Crippen LogP contribution in [0.3, 0.4) is 0 Å². The minimum Gasteiger partial charge on any atom is -0.455 e. The number of hydrogen-bond acceptors (Lipinski definition) is 3. The molecular weight excluding hydrogens is 759 g/mol. The molecular formula is C58H37NOS. The van der Waals surface area contributed by atoms with E-state index in [0.29, 0.717) is 0 Å². The molecule has 0 N–H and O–H groups in total. The summed E-state index contributed by atoms with van der Waals surface area (Å²) in [7, 11) is 0. The third kappa shape index (κ3) is 6.01. The average Bonchev–Trinajstić information content (AvgIpc) is 3.92. The van der Waals surface area contributed by atoms with Gasteiger partial charge in [-0.2, -0.15) is 0 Å². The number of fused-ring (bicyclic) bond motifs is 8. The molecule has 0 amide bonds. The van der Waals surface area contributed by atoms with Crippen LogP contribution in [0.5, 0.6) is 0 Å². The Morgan fingerprint density at radius 1 is 0.328 bits per heavy atom. The number of hydrogen-bond donors (Lipinski definition) is 0. The van der Waals surface area contributed by atoms with Crippen molar-refractivity contribution in [3.8, 4) is 44.5 Å². The summed E-state index contributed by atoms with van der Waals surface area (Å²) in [5.74, 6) is 0. The zero-order chi connectivity index (χ0) is 40.3. The van der Waals surface area contributed by atoms with Crippen LogP contribution in [-0.2, 0) is 0 Å². The maximum atomic E-state index is 6.68. The second-order valence-corrected chi connectivity index (χ2v) is 16.7. The van der Waals surface area contributed by atoms with Gasteiger partial charge in [0.2, 0.25) is 0 Å². The summed E-state index contributed by atoms with van der Waals surface area (Å²) in [6.45, 7) is 0. The molecule has 2 nitrogen and oxygen atoms in total. The summed E-state index contributed by atoms with van der Waals surface area (Å²) >= 11 is 1.86. The number of benzene rings is 10. The molecule has 0 bridgehead atoms. The van der Waals surface area contributed by atoms with Gasteiger partial charge < -0.3 is 9.32 Å². The Bertz CT molecular complexity index is 3560. The van der Waals surface area contributed by atoms with E-state index in [9.17, 15) is 0 Å². The highest BCUT2D eigenvalue weighted by atomic mass is 32.1. The molecule has 0 aliphatic heterocycles. The molecule has 286 valence electrons.